The molecule has 6 heteroatoms. The van der Waals surface area contributed by atoms with E-state index in [-0.39, 0.29) is 0 Å². The zero-order chi connectivity index (χ0) is 16.8. The molecule has 4 atom stereocenters. The SMILES string of the molecule is Cc1noc(CSc2nc(C)c(C)n2[C@@H](C)[C@@H]2C[C@H]3CC[C@H]2C3)n1. The second-order valence-corrected chi connectivity index (χ2v) is 8.48. The Bertz CT molecular complexity index is 737. The lowest BCUT2D eigenvalue weighted by molar-refractivity contribution is 0.232. The van der Waals surface area contributed by atoms with Gasteiger partial charge < -0.3 is 9.09 Å². The number of fused-ring (bicyclic) bond motifs is 2. The van der Waals surface area contributed by atoms with Gasteiger partial charge in [0.15, 0.2) is 11.0 Å². The van der Waals surface area contributed by atoms with Crippen LogP contribution in [0, 0.1) is 38.5 Å². The lowest BCUT2D eigenvalue weighted by Gasteiger charge is -2.30. The Balaban J connectivity index is 1.55. The summed E-state index contributed by atoms with van der Waals surface area (Å²) in [6.07, 6.45) is 5.73. The molecule has 2 heterocycles. The number of aromatic nitrogens is 4. The number of imidazole rings is 1. The van der Waals surface area contributed by atoms with Crippen molar-refractivity contribution in [3.05, 3.63) is 23.1 Å². The largest absolute Gasteiger partial charge is 0.338 e. The van der Waals surface area contributed by atoms with Gasteiger partial charge in [-0.1, -0.05) is 23.3 Å². The van der Waals surface area contributed by atoms with Crippen LogP contribution in [0.3, 0.4) is 0 Å². The Morgan fingerprint density at radius 2 is 2.04 bits per heavy atom. The van der Waals surface area contributed by atoms with Crippen molar-refractivity contribution in [1.82, 2.24) is 19.7 Å². The zero-order valence-electron chi connectivity index (χ0n) is 15.0. The second kappa shape index (κ2) is 6.21. The molecule has 0 aliphatic heterocycles. The van der Waals surface area contributed by atoms with Crippen LogP contribution in [0.15, 0.2) is 9.68 Å². The summed E-state index contributed by atoms with van der Waals surface area (Å²) >= 11 is 1.71. The van der Waals surface area contributed by atoms with Gasteiger partial charge in [0.25, 0.3) is 0 Å². The van der Waals surface area contributed by atoms with Crippen LogP contribution in [-0.2, 0) is 5.75 Å². The maximum atomic E-state index is 5.24. The highest BCUT2D eigenvalue weighted by molar-refractivity contribution is 7.98. The monoisotopic (exact) mass is 346 g/mol. The first-order chi connectivity index (χ1) is 11.5. The number of thioether (sulfide) groups is 1. The third-order valence-electron chi connectivity index (χ3n) is 6.07. The minimum atomic E-state index is 0.522. The van der Waals surface area contributed by atoms with Gasteiger partial charge in [0.05, 0.1) is 11.4 Å². The summed E-state index contributed by atoms with van der Waals surface area (Å²) < 4.78 is 7.71. The van der Waals surface area contributed by atoms with E-state index in [0.29, 0.717) is 23.5 Å². The molecule has 0 saturated heterocycles. The summed E-state index contributed by atoms with van der Waals surface area (Å²) in [6, 6.07) is 0.522. The van der Waals surface area contributed by atoms with E-state index in [9.17, 15) is 0 Å². The number of hydrogen-bond donors (Lipinski definition) is 0. The van der Waals surface area contributed by atoms with Gasteiger partial charge in [0, 0.05) is 11.7 Å². The van der Waals surface area contributed by atoms with E-state index in [1.54, 1.807) is 11.8 Å². The van der Waals surface area contributed by atoms with Crippen LogP contribution < -0.4 is 0 Å². The Morgan fingerprint density at radius 1 is 1.21 bits per heavy atom. The normalized spacial score (nSPS) is 27.1. The van der Waals surface area contributed by atoms with Gasteiger partial charge in [-0.2, -0.15) is 4.98 Å². The van der Waals surface area contributed by atoms with Crippen molar-refractivity contribution in [1.29, 1.82) is 0 Å². The van der Waals surface area contributed by atoms with Gasteiger partial charge in [0.2, 0.25) is 5.89 Å². The molecule has 0 amide bonds. The number of nitrogens with zero attached hydrogens (tertiary/aromatic N) is 4. The van der Waals surface area contributed by atoms with Crippen molar-refractivity contribution >= 4 is 11.8 Å². The van der Waals surface area contributed by atoms with Gasteiger partial charge >= 0.3 is 0 Å². The van der Waals surface area contributed by atoms with E-state index in [1.165, 1.54) is 31.4 Å². The van der Waals surface area contributed by atoms with E-state index in [1.807, 2.05) is 6.92 Å². The molecular formula is C18H26N4OS. The van der Waals surface area contributed by atoms with Crippen molar-refractivity contribution in [3.63, 3.8) is 0 Å². The highest BCUT2D eigenvalue weighted by atomic mass is 32.2. The number of hydrogen-bond acceptors (Lipinski definition) is 5. The van der Waals surface area contributed by atoms with E-state index in [0.717, 1.165) is 28.6 Å². The average molecular weight is 347 g/mol. The first-order valence-corrected chi connectivity index (χ1v) is 9.99. The maximum Gasteiger partial charge on any atom is 0.237 e. The predicted octanol–water partition coefficient (Wildman–Crippen LogP) is 4.48. The molecule has 0 spiro atoms. The second-order valence-electron chi connectivity index (χ2n) is 7.54. The minimum absolute atomic E-state index is 0.522. The molecule has 2 fully saturated rings. The Labute approximate surface area is 147 Å². The molecule has 0 aromatic carbocycles. The average Bonchev–Trinajstić information content (AvgIpc) is 3.31. The third kappa shape index (κ3) is 2.79. The van der Waals surface area contributed by atoms with Crippen LogP contribution in [-0.4, -0.2) is 19.7 Å². The topological polar surface area (TPSA) is 56.7 Å². The summed E-state index contributed by atoms with van der Waals surface area (Å²) in [5, 5.41) is 4.97. The van der Waals surface area contributed by atoms with Gasteiger partial charge in [-0.25, -0.2) is 4.98 Å². The maximum absolute atomic E-state index is 5.24. The molecule has 2 bridgehead atoms. The lowest BCUT2D eigenvalue weighted by Crippen LogP contribution is -2.23. The van der Waals surface area contributed by atoms with Crippen molar-refractivity contribution < 1.29 is 4.52 Å². The Hall–Kier alpha value is -1.30. The molecule has 4 rings (SSSR count). The lowest BCUT2D eigenvalue weighted by atomic mass is 9.84. The minimum Gasteiger partial charge on any atom is -0.338 e. The van der Waals surface area contributed by atoms with E-state index in [4.69, 9.17) is 9.51 Å². The number of aryl methyl sites for hydroxylation is 2. The Kier molecular flexibility index (Phi) is 4.19. The summed E-state index contributed by atoms with van der Waals surface area (Å²) in [4.78, 5) is 9.13. The van der Waals surface area contributed by atoms with Crippen LogP contribution in [0.4, 0.5) is 0 Å². The third-order valence-corrected chi connectivity index (χ3v) is 7.01. The fourth-order valence-corrected chi connectivity index (χ4v) is 5.79. The van der Waals surface area contributed by atoms with E-state index in [2.05, 4.69) is 35.5 Å². The van der Waals surface area contributed by atoms with Crippen LogP contribution in [0.5, 0.6) is 0 Å². The smallest absolute Gasteiger partial charge is 0.237 e. The Morgan fingerprint density at radius 3 is 2.67 bits per heavy atom. The molecule has 0 N–H and O–H groups in total. The van der Waals surface area contributed by atoms with Crippen molar-refractivity contribution in [2.45, 2.75) is 70.3 Å². The molecule has 2 aliphatic carbocycles. The molecule has 0 unspecified atom stereocenters. The molecule has 0 radical (unpaired) electrons. The molecule has 130 valence electrons. The fraction of sp³-hybridized carbons (Fsp3) is 0.722. The molecule has 2 aromatic rings. The first kappa shape index (κ1) is 16.2. The van der Waals surface area contributed by atoms with Crippen LogP contribution in [0.2, 0.25) is 0 Å². The van der Waals surface area contributed by atoms with Gasteiger partial charge in [0.1, 0.15) is 0 Å². The summed E-state index contributed by atoms with van der Waals surface area (Å²) in [7, 11) is 0. The van der Waals surface area contributed by atoms with Crippen molar-refractivity contribution in [3.8, 4) is 0 Å². The molecular weight excluding hydrogens is 320 g/mol. The van der Waals surface area contributed by atoms with Crippen LogP contribution in [0.1, 0.15) is 61.8 Å². The summed E-state index contributed by atoms with van der Waals surface area (Å²) in [5.41, 5.74) is 2.43. The van der Waals surface area contributed by atoms with E-state index >= 15 is 0 Å². The van der Waals surface area contributed by atoms with Crippen LogP contribution >= 0.6 is 11.8 Å². The van der Waals surface area contributed by atoms with Gasteiger partial charge in [-0.3, -0.25) is 0 Å². The standard InChI is InChI=1S/C18H26N4OS/c1-10-11(2)22(12(3)16-8-14-5-6-15(16)7-14)18(19-10)24-9-17-20-13(4)21-23-17/h12,14-16H,5-9H2,1-4H3/t12-,14-,15-,16-/m0/s1. The predicted molar refractivity (Wildman–Crippen MR) is 93.9 cm³/mol. The summed E-state index contributed by atoms with van der Waals surface area (Å²) in [5.74, 6) is 4.75. The number of rotatable bonds is 5. The van der Waals surface area contributed by atoms with E-state index < -0.39 is 0 Å². The molecule has 2 saturated carbocycles. The van der Waals surface area contributed by atoms with Gasteiger partial charge in [-0.05, 0) is 64.7 Å². The van der Waals surface area contributed by atoms with Crippen LogP contribution in [0.25, 0.3) is 0 Å². The molecule has 5 nitrogen and oxygen atoms in total. The van der Waals surface area contributed by atoms with Crippen molar-refractivity contribution in [2.24, 2.45) is 17.8 Å². The molecule has 2 aliphatic rings. The molecule has 24 heavy (non-hydrogen) atoms. The highest BCUT2D eigenvalue weighted by Crippen LogP contribution is 2.52. The summed E-state index contributed by atoms with van der Waals surface area (Å²) in [6.45, 7) is 8.55. The van der Waals surface area contributed by atoms with Crippen molar-refractivity contribution in [2.75, 3.05) is 0 Å². The highest BCUT2D eigenvalue weighted by Gasteiger charge is 2.43. The first-order valence-electron chi connectivity index (χ1n) is 9.00. The zero-order valence-corrected chi connectivity index (χ0v) is 15.8. The fourth-order valence-electron chi connectivity index (χ4n) is 4.78. The molecule has 2 aromatic heterocycles. The van der Waals surface area contributed by atoms with Gasteiger partial charge in [-0.15, -0.1) is 0 Å². The quantitative estimate of drug-likeness (QED) is 0.747.